The molecule has 0 saturated carbocycles. The van der Waals surface area contributed by atoms with Crippen molar-refractivity contribution < 1.29 is 18.7 Å². The number of aliphatic hydroxyl groups excluding tert-OH is 1. The molecule has 1 saturated heterocycles. The quantitative estimate of drug-likeness (QED) is 0.475. The first kappa shape index (κ1) is 24.5. The summed E-state index contributed by atoms with van der Waals surface area (Å²) >= 11 is -2.33. The van der Waals surface area contributed by atoms with Crippen molar-refractivity contribution in [2.75, 3.05) is 19.6 Å². The molecule has 7 nitrogen and oxygen atoms in total. The number of nitrogens with one attached hydrogen (secondary N) is 2. The summed E-state index contributed by atoms with van der Waals surface area (Å²) in [6.07, 6.45) is 1.08. The Kier molecular flexibility index (Phi) is 8.95. The Bertz CT molecular complexity index is 894. The maximum absolute atomic E-state index is 13.1. The topological polar surface area (TPSA) is 105 Å². The third kappa shape index (κ3) is 6.70. The Labute approximate surface area is 192 Å². The third-order valence-corrected chi connectivity index (χ3v) is 6.56. The minimum atomic E-state index is -2.33. The van der Waals surface area contributed by atoms with Crippen LogP contribution in [0.15, 0.2) is 54.6 Å². The van der Waals surface area contributed by atoms with E-state index in [-0.39, 0.29) is 30.0 Å². The average molecular weight is 459 g/mol. The molecular weight excluding hydrogens is 426 g/mol. The molecule has 174 valence electrons. The number of β-amino-alcohol motifs (C(OH)–C–C–N with tert-alkyl or cyclic N) is 1. The van der Waals surface area contributed by atoms with Gasteiger partial charge in [-0.25, -0.2) is 4.72 Å². The molecule has 1 aliphatic heterocycles. The second-order valence-corrected chi connectivity index (χ2v) is 9.08. The van der Waals surface area contributed by atoms with Gasteiger partial charge in [-0.3, -0.25) is 13.9 Å². The van der Waals surface area contributed by atoms with Crippen molar-refractivity contribution in [3.8, 4) is 0 Å². The fraction of sp³-hybridized carbons (Fsp3) is 0.458. The van der Waals surface area contributed by atoms with Crippen LogP contribution >= 0.6 is 0 Å². The van der Waals surface area contributed by atoms with Crippen molar-refractivity contribution in [3.05, 3.63) is 71.3 Å². The van der Waals surface area contributed by atoms with Crippen LogP contribution in [0.1, 0.15) is 61.4 Å². The number of nitrogens with zero attached hydrogens (tertiary/aromatic N) is 1. The van der Waals surface area contributed by atoms with E-state index in [0.29, 0.717) is 19.5 Å². The van der Waals surface area contributed by atoms with E-state index in [1.54, 1.807) is 0 Å². The van der Waals surface area contributed by atoms with Gasteiger partial charge in [0.2, 0.25) is 5.91 Å². The molecule has 0 aliphatic carbocycles. The second-order valence-electron chi connectivity index (χ2n) is 8.38. The van der Waals surface area contributed by atoms with Gasteiger partial charge in [0, 0.05) is 36.9 Å². The fourth-order valence-electron chi connectivity index (χ4n) is 4.12. The van der Waals surface area contributed by atoms with Crippen LogP contribution in [0.2, 0.25) is 0 Å². The molecule has 2 aromatic rings. The number of carbonyl (C=O) groups excluding carboxylic acids is 1. The van der Waals surface area contributed by atoms with Crippen molar-refractivity contribution in [1.29, 1.82) is 0 Å². The van der Waals surface area contributed by atoms with Crippen molar-refractivity contribution in [2.45, 2.75) is 50.8 Å². The van der Waals surface area contributed by atoms with E-state index < -0.39 is 11.3 Å². The van der Waals surface area contributed by atoms with Crippen LogP contribution < -0.4 is 10.0 Å². The number of carbonyl (C=O) groups is 1. The standard InChI is InChI=1S/C24H33N3O4S/c1-3-22(26-32(30)31)20-11-9-18(10-12-20)17(2)24(29)25-23(19-7-5-4-6-8-19)16-27-14-13-21(28)15-27/h4-12,17,21-23,26,28H,3,13-16H2,1-2H3,(H,25,29)(H,30,31)/p-1. The molecule has 2 aromatic carbocycles. The predicted molar refractivity (Wildman–Crippen MR) is 124 cm³/mol. The highest BCUT2D eigenvalue weighted by atomic mass is 32.2. The Morgan fingerprint density at radius 2 is 1.75 bits per heavy atom. The number of likely N-dealkylation sites (tertiary alicyclic amines) is 1. The van der Waals surface area contributed by atoms with E-state index in [4.69, 9.17) is 0 Å². The highest BCUT2D eigenvalue weighted by molar-refractivity contribution is 7.77. The first-order chi connectivity index (χ1) is 15.4. The predicted octanol–water partition coefficient (Wildman–Crippen LogP) is 2.55. The van der Waals surface area contributed by atoms with E-state index in [1.165, 1.54) is 0 Å². The summed E-state index contributed by atoms with van der Waals surface area (Å²) in [5.41, 5.74) is 2.77. The van der Waals surface area contributed by atoms with Crippen molar-refractivity contribution in [1.82, 2.24) is 14.9 Å². The van der Waals surface area contributed by atoms with Gasteiger partial charge in [-0.2, -0.15) is 0 Å². The Morgan fingerprint density at radius 3 is 2.31 bits per heavy atom. The second kappa shape index (κ2) is 11.7. The molecule has 0 radical (unpaired) electrons. The van der Waals surface area contributed by atoms with Crippen LogP contribution in [0, 0.1) is 0 Å². The maximum Gasteiger partial charge on any atom is 0.227 e. The highest BCUT2D eigenvalue weighted by Gasteiger charge is 2.26. The van der Waals surface area contributed by atoms with Gasteiger partial charge in [0.15, 0.2) is 0 Å². The molecule has 1 fully saturated rings. The molecule has 0 spiro atoms. The third-order valence-electron chi connectivity index (χ3n) is 6.09. The molecule has 8 heteroatoms. The van der Waals surface area contributed by atoms with E-state index in [9.17, 15) is 18.7 Å². The van der Waals surface area contributed by atoms with Crippen LogP contribution in [0.4, 0.5) is 0 Å². The number of benzene rings is 2. The molecule has 0 aromatic heterocycles. The maximum atomic E-state index is 13.1. The molecule has 5 unspecified atom stereocenters. The minimum Gasteiger partial charge on any atom is -0.760 e. The molecule has 3 N–H and O–H groups in total. The zero-order valence-corrected chi connectivity index (χ0v) is 19.4. The van der Waals surface area contributed by atoms with E-state index >= 15 is 0 Å². The van der Waals surface area contributed by atoms with Gasteiger partial charge in [-0.1, -0.05) is 61.5 Å². The van der Waals surface area contributed by atoms with Gasteiger partial charge in [0.05, 0.1) is 18.1 Å². The SMILES string of the molecule is CCC(NS(=O)[O-])c1ccc(C(C)C(=O)NC(CN2CCC(O)C2)c2ccccc2)cc1. The summed E-state index contributed by atoms with van der Waals surface area (Å²) in [7, 11) is 0. The lowest BCUT2D eigenvalue weighted by atomic mass is 9.96. The first-order valence-corrected chi connectivity index (χ1v) is 12.2. The monoisotopic (exact) mass is 458 g/mol. The van der Waals surface area contributed by atoms with Crippen molar-refractivity contribution in [3.63, 3.8) is 0 Å². The summed E-state index contributed by atoms with van der Waals surface area (Å²) in [6.45, 7) is 5.87. The minimum absolute atomic E-state index is 0.0721. The zero-order valence-electron chi connectivity index (χ0n) is 18.6. The fourth-order valence-corrected chi connectivity index (χ4v) is 4.66. The molecule has 3 rings (SSSR count). The molecule has 1 amide bonds. The Morgan fingerprint density at radius 1 is 1.12 bits per heavy atom. The molecule has 5 atom stereocenters. The Balaban J connectivity index is 1.69. The Hall–Kier alpha value is -2.10. The van der Waals surface area contributed by atoms with Gasteiger partial charge < -0.3 is 15.0 Å². The van der Waals surface area contributed by atoms with E-state index in [1.807, 2.05) is 68.4 Å². The summed E-state index contributed by atoms with van der Waals surface area (Å²) in [5, 5.41) is 13.1. The van der Waals surface area contributed by atoms with Gasteiger partial charge in [-0.05, 0) is 36.5 Å². The van der Waals surface area contributed by atoms with Gasteiger partial charge in [-0.15, -0.1) is 0 Å². The van der Waals surface area contributed by atoms with Gasteiger partial charge >= 0.3 is 0 Å². The largest absolute Gasteiger partial charge is 0.760 e. The van der Waals surface area contributed by atoms with E-state index in [0.717, 1.165) is 29.7 Å². The molecule has 1 heterocycles. The number of hydrogen-bond donors (Lipinski definition) is 3. The zero-order chi connectivity index (χ0) is 23.1. The molecule has 0 bridgehead atoms. The summed E-state index contributed by atoms with van der Waals surface area (Å²) < 4.78 is 24.5. The van der Waals surface area contributed by atoms with Crippen molar-refractivity contribution >= 4 is 17.2 Å². The summed E-state index contributed by atoms with van der Waals surface area (Å²) in [4.78, 5) is 15.3. The lowest BCUT2D eigenvalue weighted by Gasteiger charge is -2.26. The van der Waals surface area contributed by atoms with Crippen LogP contribution in [-0.2, 0) is 16.1 Å². The van der Waals surface area contributed by atoms with Gasteiger partial charge in [0.25, 0.3) is 0 Å². The normalized spacial score (nSPS) is 20.4. The summed E-state index contributed by atoms with van der Waals surface area (Å²) in [6, 6.07) is 16.9. The van der Waals surface area contributed by atoms with Gasteiger partial charge in [0.1, 0.15) is 0 Å². The highest BCUT2D eigenvalue weighted by Crippen LogP contribution is 2.24. The smallest absolute Gasteiger partial charge is 0.227 e. The molecule has 1 aliphatic rings. The molecular formula is C24H32N3O4S-. The van der Waals surface area contributed by atoms with Crippen LogP contribution in [-0.4, -0.2) is 50.4 Å². The number of rotatable bonds is 10. The lowest BCUT2D eigenvalue weighted by molar-refractivity contribution is -0.123. The first-order valence-electron chi connectivity index (χ1n) is 11.1. The number of amides is 1. The van der Waals surface area contributed by atoms with Crippen molar-refractivity contribution in [2.24, 2.45) is 0 Å². The van der Waals surface area contributed by atoms with E-state index in [2.05, 4.69) is 14.9 Å². The lowest BCUT2D eigenvalue weighted by Crippen LogP contribution is -2.39. The molecule has 32 heavy (non-hydrogen) atoms. The number of hydrogen-bond acceptors (Lipinski definition) is 5. The van der Waals surface area contributed by atoms with Crippen LogP contribution in [0.5, 0.6) is 0 Å². The van der Waals surface area contributed by atoms with Crippen LogP contribution in [0.25, 0.3) is 0 Å². The van der Waals surface area contributed by atoms with Crippen LogP contribution in [0.3, 0.4) is 0 Å². The summed E-state index contributed by atoms with van der Waals surface area (Å²) in [5.74, 6) is -0.432. The average Bonchev–Trinajstić information content (AvgIpc) is 3.21. The number of aliphatic hydroxyl groups is 1.